The Balaban J connectivity index is 3.12. The van der Waals surface area contributed by atoms with Crippen LogP contribution in [0.25, 0.3) is 0 Å². The molecule has 6 heteroatoms. The van der Waals surface area contributed by atoms with Crippen molar-refractivity contribution in [3.05, 3.63) is 39.4 Å². The summed E-state index contributed by atoms with van der Waals surface area (Å²) in [5.41, 5.74) is 1.94. The molecule has 2 N–H and O–H groups in total. The monoisotopic (exact) mass is 196 g/mol. The first-order valence-corrected chi connectivity index (χ1v) is 3.75. The van der Waals surface area contributed by atoms with E-state index in [2.05, 4.69) is 0 Å². The third-order valence-electron chi connectivity index (χ3n) is 1.76. The van der Waals surface area contributed by atoms with Gasteiger partial charge in [-0.3, -0.25) is 20.1 Å². The van der Waals surface area contributed by atoms with Gasteiger partial charge in [-0.2, -0.15) is 0 Å². The first-order valence-electron chi connectivity index (χ1n) is 3.75. The SMILES string of the molecule is Cc1cc(C(=O)NO)ccc1[N+](=O)[O-]. The molecule has 0 bridgehead atoms. The smallest absolute Gasteiger partial charge is 0.274 e. The maximum absolute atomic E-state index is 10.9. The summed E-state index contributed by atoms with van der Waals surface area (Å²) < 4.78 is 0. The van der Waals surface area contributed by atoms with Crippen LogP contribution in [0.5, 0.6) is 0 Å². The number of rotatable bonds is 2. The number of amides is 1. The molecule has 74 valence electrons. The summed E-state index contributed by atoms with van der Waals surface area (Å²) in [5.74, 6) is -0.692. The van der Waals surface area contributed by atoms with Gasteiger partial charge in [0.2, 0.25) is 0 Å². The van der Waals surface area contributed by atoms with Gasteiger partial charge in [0.1, 0.15) is 0 Å². The second-order valence-corrected chi connectivity index (χ2v) is 2.70. The van der Waals surface area contributed by atoms with Gasteiger partial charge in [0.25, 0.3) is 11.6 Å². The summed E-state index contributed by atoms with van der Waals surface area (Å²) >= 11 is 0. The maximum atomic E-state index is 10.9. The number of nitro benzene ring substituents is 1. The number of carbonyl (C=O) groups excluding carboxylic acids is 1. The summed E-state index contributed by atoms with van der Waals surface area (Å²) in [6, 6.07) is 3.83. The third-order valence-corrected chi connectivity index (χ3v) is 1.76. The van der Waals surface area contributed by atoms with Crippen LogP contribution in [0.1, 0.15) is 15.9 Å². The molecule has 0 aliphatic carbocycles. The van der Waals surface area contributed by atoms with Gasteiger partial charge in [-0.15, -0.1) is 0 Å². The molecule has 0 aliphatic rings. The molecule has 1 aromatic carbocycles. The van der Waals surface area contributed by atoms with Crippen molar-refractivity contribution in [1.29, 1.82) is 0 Å². The molecular formula is C8H8N2O4. The summed E-state index contributed by atoms with van der Waals surface area (Å²) in [5, 5.41) is 18.8. The Hall–Kier alpha value is -1.95. The zero-order chi connectivity index (χ0) is 10.7. The van der Waals surface area contributed by atoms with Crippen molar-refractivity contribution >= 4 is 11.6 Å². The van der Waals surface area contributed by atoms with Crippen LogP contribution < -0.4 is 5.48 Å². The third kappa shape index (κ3) is 1.86. The number of carbonyl (C=O) groups is 1. The summed E-state index contributed by atoms with van der Waals surface area (Å²) in [4.78, 5) is 20.8. The fourth-order valence-corrected chi connectivity index (χ4v) is 1.07. The van der Waals surface area contributed by atoms with Gasteiger partial charge in [-0.05, 0) is 19.1 Å². The minimum Gasteiger partial charge on any atom is -0.288 e. The van der Waals surface area contributed by atoms with E-state index in [1.165, 1.54) is 30.6 Å². The Morgan fingerprint density at radius 1 is 1.57 bits per heavy atom. The summed E-state index contributed by atoms with van der Waals surface area (Å²) in [6.07, 6.45) is 0. The molecule has 0 radical (unpaired) electrons. The number of aryl methyl sites for hydroxylation is 1. The second kappa shape index (κ2) is 3.84. The van der Waals surface area contributed by atoms with E-state index in [9.17, 15) is 14.9 Å². The molecule has 0 aromatic heterocycles. The lowest BCUT2D eigenvalue weighted by molar-refractivity contribution is -0.385. The molecule has 0 aliphatic heterocycles. The number of nitro groups is 1. The number of benzene rings is 1. The largest absolute Gasteiger partial charge is 0.288 e. The minimum atomic E-state index is -0.692. The molecule has 1 aromatic rings. The summed E-state index contributed by atoms with van der Waals surface area (Å²) in [7, 11) is 0. The van der Waals surface area contributed by atoms with Crippen LogP contribution in [0.4, 0.5) is 5.69 Å². The van der Waals surface area contributed by atoms with Gasteiger partial charge in [0, 0.05) is 17.2 Å². The molecular weight excluding hydrogens is 188 g/mol. The molecule has 0 heterocycles. The molecule has 6 nitrogen and oxygen atoms in total. The Morgan fingerprint density at radius 2 is 2.21 bits per heavy atom. The molecule has 14 heavy (non-hydrogen) atoms. The molecule has 0 saturated heterocycles. The first-order chi connectivity index (χ1) is 6.56. The topological polar surface area (TPSA) is 92.5 Å². The average Bonchev–Trinajstić information content (AvgIpc) is 2.15. The lowest BCUT2D eigenvalue weighted by atomic mass is 10.1. The van der Waals surface area contributed by atoms with Crippen LogP contribution in [0.15, 0.2) is 18.2 Å². The molecule has 0 fully saturated rings. The van der Waals surface area contributed by atoms with E-state index >= 15 is 0 Å². The molecule has 0 spiro atoms. The number of hydroxylamine groups is 1. The van der Waals surface area contributed by atoms with Crippen LogP contribution in [-0.4, -0.2) is 16.0 Å². The predicted molar refractivity (Wildman–Crippen MR) is 47.1 cm³/mol. The van der Waals surface area contributed by atoms with Gasteiger partial charge in [-0.25, -0.2) is 5.48 Å². The quantitative estimate of drug-likeness (QED) is 0.419. The van der Waals surface area contributed by atoms with E-state index < -0.39 is 10.8 Å². The molecule has 1 amide bonds. The van der Waals surface area contributed by atoms with Crippen LogP contribution >= 0.6 is 0 Å². The predicted octanol–water partition coefficient (Wildman–Crippen LogP) is 1.02. The van der Waals surface area contributed by atoms with Crippen LogP contribution in [0, 0.1) is 17.0 Å². The van der Waals surface area contributed by atoms with Gasteiger partial charge >= 0.3 is 0 Å². The van der Waals surface area contributed by atoms with Gasteiger partial charge < -0.3 is 0 Å². The van der Waals surface area contributed by atoms with E-state index in [-0.39, 0.29) is 11.3 Å². The number of nitrogens with zero attached hydrogens (tertiary/aromatic N) is 1. The summed E-state index contributed by atoms with van der Waals surface area (Å²) in [6.45, 7) is 1.52. The number of hydrogen-bond acceptors (Lipinski definition) is 4. The highest BCUT2D eigenvalue weighted by Gasteiger charge is 2.12. The Bertz CT molecular complexity index is 389. The van der Waals surface area contributed by atoms with Crippen molar-refractivity contribution in [2.24, 2.45) is 0 Å². The minimum absolute atomic E-state index is 0.0560. The van der Waals surface area contributed by atoms with Crippen molar-refractivity contribution in [2.75, 3.05) is 0 Å². The van der Waals surface area contributed by atoms with Crippen LogP contribution in [0.2, 0.25) is 0 Å². The van der Waals surface area contributed by atoms with Crippen molar-refractivity contribution in [3.63, 3.8) is 0 Å². The lowest BCUT2D eigenvalue weighted by Gasteiger charge is -2.00. The second-order valence-electron chi connectivity index (χ2n) is 2.70. The lowest BCUT2D eigenvalue weighted by Crippen LogP contribution is -2.18. The van der Waals surface area contributed by atoms with E-state index in [1.54, 1.807) is 0 Å². The standard InChI is InChI=1S/C8H8N2O4/c1-5-4-6(8(11)9-12)2-3-7(5)10(13)14/h2-4,12H,1H3,(H,9,11). The molecule has 0 atom stereocenters. The highest BCUT2D eigenvalue weighted by Crippen LogP contribution is 2.18. The van der Waals surface area contributed by atoms with Crippen LogP contribution in [-0.2, 0) is 0 Å². The average molecular weight is 196 g/mol. The van der Waals surface area contributed by atoms with Crippen molar-refractivity contribution in [3.8, 4) is 0 Å². The van der Waals surface area contributed by atoms with Crippen molar-refractivity contribution < 1.29 is 14.9 Å². The van der Waals surface area contributed by atoms with E-state index in [0.717, 1.165) is 0 Å². The van der Waals surface area contributed by atoms with E-state index in [0.29, 0.717) is 5.56 Å². The van der Waals surface area contributed by atoms with E-state index in [4.69, 9.17) is 5.21 Å². The van der Waals surface area contributed by atoms with Crippen molar-refractivity contribution in [2.45, 2.75) is 6.92 Å². The Morgan fingerprint density at radius 3 is 2.64 bits per heavy atom. The van der Waals surface area contributed by atoms with Crippen LogP contribution in [0.3, 0.4) is 0 Å². The molecule has 0 unspecified atom stereocenters. The fraction of sp³-hybridized carbons (Fsp3) is 0.125. The maximum Gasteiger partial charge on any atom is 0.274 e. The Labute approximate surface area is 79.3 Å². The molecule has 0 saturated carbocycles. The normalized spacial score (nSPS) is 9.57. The fourth-order valence-electron chi connectivity index (χ4n) is 1.07. The Kier molecular flexibility index (Phi) is 2.78. The zero-order valence-electron chi connectivity index (χ0n) is 7.35. The number of hydrogen-bond donors (Lipinski definition) is 2. The molecule has 1 rings (SSSR count). The first kappa shape index (κ1) is 10.1. The zero-order valence-corrected chi connectivity index (χ0v) is 7.35. The van der Waals surface area contributed by atoms with Gasteiger partial charge in [0.15, 0.2) is 0 Å². The number of nitrogens with one attached hydrogen (secondary N) is 1. The van der Waals surface area contributed by atoms with Crippen molar-refractivity contribution in [1.82, 2.24) is 5.48 Å². The highest BCUT2D eigenvalue weighted by atomic mass is 16.6. The van der Waals surface area contributed by atoms with Gasteiger partial charge in [0.05, 0.1) is 4.92 Å². The van der Waals surface area contributed by atoms with Gasteiger partial charge in [-0.1, -0.05) is 0 Å². The van der Waals surface area contributed by atoms with E-state index in [1.807, 2.05) is 0 Å². The highest BCUT2D eigenvalue weighted by molar-refractivity contribution is 5.93.